The smallest absolute Gasteiger partial charge is 0.257 e. The summed E-state index contributed by atoms with van der Waals surface area (Å²) in [5.41, 5.74) is -0.505. The van der Waals surface area contributed by atoms with E-state index in [2.05, 4.69) is 10.6 Å². The number of nitrogens with one attached hydrogen (secondary N) is 2. The first-order valence-electron chi connectivity index (χ1n) is 5.11. The Bertz CT molecular complexity index is 390. The third kappa shape index (κ3) is 3.14. The summed E-state index contributed by atoms with van der Waals surface area (Å²) in [5, 5.41) is 5.57. The highest BCUT2D eigenvalue weighted by molar-refractivity contribution is 5.94. The van der Waals surface area contributed by atoms with Crippen molar-refractivity contribution in [3.63, 3.8) is 0 Å². The molecule has 0 aromatic heterocycles. The van der Waals surface area contributed by atoms with Crippen LogP contribution in [0.2, 0.25) is 0 Å². The Kier molecular flexibility index (Phi) is 4.84. The number of carbonyl (C=O) groups is 1. The first-order valence-corrected chi connectivity index (χ1v) is 5.11. The third-order valence-electron chi connectivity index (χ3n) is 2.61. The molecule has 3 nitrogen and oxygen atoms in total. The van der Waals surface area contributed by atoms with E-state index in [0.29, 0.717) is 12.5 Å². The molecule has 0 radical (unpaired) electrons. The van der Waals surface area contributed by atoms with Crippen molar-refractivity contribution in [3.05, 3.63) is 35.4 Å². The summed E-state index contributed by atoms with van der Waals surface area (Å²) in [6.07, 6.45) is 0. The van der Waals surface area contributed by atoms with Crippen LogP contribution in [-0.4, -0.2) is 25.5 Å². The molecule has 1 aliphatic heterocycles. The molecular formula is C11H13ClF2N2O. The van der Waals surface area contributed by atoms with Gasteiger partial charge in [-0.3, -0.25) is 4.79 Å². The molecule has 2 N–H and O–H groups in total. The fourth-order valence-electron chi connectivity index (χ4n) is 1.53. The Labute approximate surface area is 104 Å². The van der Waals surface area contributed by atoms with Crippen LogP contribution < -0.4 is 10.6 Å². The van der Waals surface area contributed by atoms with Crippen LogP contribution in [0.15, 0.2) is 18.2 Å². The molecule has 0 saturated carbocycles. The molecule has 1 aromatic rings. The van der Waals surface area contributed by atoms with Crippen LogP contribution in [0.5, 0.6) is 0 Å². The molecule has 1 aliphatic rings. The van der Waals surface area contributed by atoms with Gasteiger partial charge in [0, 0.05) is 25.6 Å². The Morgan fingerprint density at radius 3 is 2.41 bits per heavy atom. The second-order valence-electron chi connectivity index (χ2n) is 3.83. The van der Waals surface area contributed by atoms with Gasteiger partial charge >= 0.3 is 0 Å². The molecule has 0 aliphatic carbocycles. The molecule has 2 rings (SSSR count). The van der Waals surface area contributed by atoms with Crippen molar-refractivity contribution in [3.8, 4) is 0 Å². The van der Waals surface area contributed by atoms with E-state index in [9.17, 15) is 13.6 Å². The Morgan fingerprint density at radius 1 is 1.35 bits per heavy atom. The molecule has 1 aromatic carbocycles. The fourth-order valence-corrected chi connectivity index (χ4v) is 1.53. The second kappa shape index (κ2) is 5.93. The number of hydrogen-bond donors (Lipinski definition) is 2. The van der Waals surface area contributed by atoms with Gasteiger partial charge in [0.05, 0.1) is 0 Å². The van der Waals surface area contributed by atoms with Crippen LogP contribution in [0.1, 0.15) is 10.4 Å². The number of carbonyl (C=O) groups excluding carboxylic acids is 1. The number of hydrogen-bond acceptors (Lipinski definition) is 2. The minimum Gasteiger partial charge on any atom is -0.351 e. The fraction of sp³-hybridized carbons (Fsp3) is 0.364. The minimum absolute atomic E-state index is 0. The predicted octanol–water partition coefficient (Wildman–Crippen LogP) is 1.34. The minimum atomic E-state index is -0.829. The summed E-state index contributed by atoms with van der Waals surface area (Å²) in [7, 11) is 0. The zero-order chi connectivity index (χ0) is 11.5. The summed E-state index contributed by atoms with van der Waals surface area (Å²) in [4.78, 5) is 11.5. The molecule has 0 spiro atoms. The summed E-state index contributed by atoms with van der Waals surface area (Å²) < 4.78 is 26.4. The van der Waals surface area contributed by atoms with Crippen molar-refractivity contribution in [1.82, 2.24) is 10.6 Å². The quantitative estimate of drug-likeness (QED) is 0.863. The molecular weight excluding hydrogens is 250 g/mol. The van der Waals surface area contributed by atoms with Gasteiger partial charge < -0.3 is 10.6 Å². The van der Waals surface area contributed by atoms with Crippen molar-refractivity contribution in [1.29, 1.82) is 0 Å². The van der Waals surface area contributed by atoms with Crippen molar-refractivity contribution in [2.45, 2.75) is 0 Å². The van der Waals surface area contributed by atoms with Gasteiger partial charge in [0.2, 0.25) is 0 Å². The summed E-state index contributed by atoms with van der Waals surface area (Å²) in [6, 6.07) is 3.38. The van der Waals surface area contributed by atoms with Crippen molar-refractivity contribution in [2.24, 2.45) is 5.92 Å². The van der Waals surface area contributed by atoms with Gasteiger partial charge in [-0.1, -0.05) is 6.07 Å². The molecule has 1 amide bonds. The van der Waals surface area contributed by atoms with E-state index in [1.54, 1.807) is 0 Å². The third-order valence-corrected chi connectivity index (χ3v) is 2.61. The van der Waals surface area contributed by atoms with Crippen LogP contribution >= 0.6 is 12.4 Å². The van der Waals surface area contributed by atoms with Gasteiger partial charge in [0.1, 0.15) is 17.2 Å². The first-order chi connectivity index (χ1) is 7.68. The van der Waals surface area contributed by atoms with E-state index >= 15 is 0 Å². The average molecular weight is 263 g/mol. The van der Waals surface area contributed by atoms with Crippen LogP contribution in [0.4, 0.5) is 8.78 Å². The molecule has 17 heavy (non-hydrogen) atoms. The van der Waals surface area contributed by atoms with Crippen molar-refractivity contribution in [2.75, 3.05) is 19.6 Å². The number of rotatable bonds is 3. The number of benzene rings is 1. The van der Waals surface area contributed by atoms with E-state index in [4.69, 9.17) is 0 Å². The molecule has 0 unspecified atom stereocenters. The maximum absolute atomic E-state index is 13.2. The van der Waals surface area contributed by atoms with Crippen LogP contribution in [0.3, 0.4) is 0 Å². The zero-order valence-electron chi connectivity index (χ0n) is 9.00. The molecule has 94 valence electrons. The van der Waals surface area contributed by atoms with Gasteiger partial charge in [-0.15, -0.1) is 12.4 Å². The lowest BCUT2D eigenvalue weighted by atomic mass is 10.0. The monoisotopic (exact) mass is 262 g/mol. The highest BCUT2D eigenvalue weighted by atomic mass is 35.5. The highest BCUT2D eigenvalue weighted by Crippen LogP contribution is 2.12. The van der Waals surface area contributed by atoms with E-state index in [1.807, 2.05) is 0 Å². The van der Waals surface area contributed by atoms with Gasteiger partial charge in [-0.05, 0) is 12.1 Å². The lowest BCUT2D eigenvalue weighted by molar-refractivity contribution is 0.0933. The molecule has 0 bridgehead atoms. The second-order valence-corrected chi connectivity index (χ2v) is 3.83. The standard InChI is InChI=1S/C11H12F2N2O.ClH/c12-8-2-1-3-9(13)10(8)11(16)15-6-7-4-14-5-7;/h1-3,7,14H,4-6H2,(H,15,16);1H. The lowest BCUT2D eigenvalue weighted by Crippen LogP contribution is -2.48. The van der Waals surface area contributed by atoms with E-state index < -0.39 is 23.1 Å². The molecule has 1 fully saturated rings. The highest BCUT2D eigenvalue weighted by Gasteiger charge is 2.20. The van der Waals surface area contributed by atoms with Crippen LogP contribution in [-0.2, 0) is 0 Å². The largest absolute Gasteiger partial charge is 0.351 e. The topological polar surface area (TPSA) is 41.1 Å². The van der Waals surface area contributed by atoms with Gasteiger partial charge in [-0.2, -0.15) is 0 Å². The maximum atomic E-state index is 13.2. The zero-order valence-corrected chi connectivity index (χ0v) is 9.82. The summed E-state index contributed by atoms with van der Waals surface area (Å²) in [6.45, 7) is 2.11. The van der Waals surface area contributed by atoms with Gasteiger partial charge in [0.25, 0.3) is 5.91 Å². The van der Waals surface area contributed by atoms with Crippen molar-refractivity contribution >= 4 is 18.3 Å². The van der Waals surface area contributed by atoms with Gasteiger partial charge in [0.15, 0.2) is 0 Å². The van der Waals surface area contributed by atoms with Crippen molar-refractivity contribution < 1.29 is 13.6 Å². The van der Waals surface area contributed by atoms with Crippen LogP contribution in [0.25, 0.3) is 0 Å². The van der Waals surface area contributed by atoms with E-state index in [-0.39, 0.29) is 12.4 Å². The Balaban J connectivity index is 0.00000144. The average Bonchev–Trinajstić information content (AvgIpc) is 2.15. The Morgan fingerprint density at radius 2 is 1.94 bits per heavy atom. The lowest BCUT2D eigenvalue weighted by Gasteiger charge is -2.27. The van der Waals surface area contributed by atoms with E-state index in [1.165, 1.54) is 6.07 Å². The number of halogens is 3. The first kappa shape index (κ1) is 13.9. The summed E-state index contributed by atoms with van der Waals surface area (Å²) in [5.74, 6) is -1.99. The predicted molar refractivity (Wildman–Crippen MR) is 62.3 cm³/mol. The Hall–Kier alpha value is -1.20. The maximum Gasteiger partial charge on any atom is 0.257 e. The molecule has 1 saturated heterocycles. The van der Waals surface area contributed by atoms with Gasteiger partial charge in [-0.25, -0.2) is 8.78 Å². The number of amides is 1. The van der Waals surface area contributed by atoms with Crippen LogP contribution in [0, 0.1) is 17.6 Å². The normalized spacial score (nSPS) is 14.7. The molecule has 6 heteroatoms. The summed E-state index contributed by atoms with van der Waals surface area (Å²) >= 11 is 0. The molecule has 1 heterocycles. The molecule has 0 atom stereocenters. The SMILES string of the molecule is Cl.O=C(NCC1CNC1)c1c(F)cccc1F. The van der Waals surface area contributed by atoms with E-state index in [0.717, 1.165) is 25.2 Å².